The number of aromatic amines is 1. The van der Waals surface area contributed by atoms with E-state index in [1.54, 1.807) is 11.3 Å². The van der Waals surface area contributed by atoms with Crippen molar-refractivity contribution in [1.29, 1.82) is 0 Å². The van der Waals surface area contributed by atoms with Gasteiger partial charge in [0.25, 0.3) is 0 Å². The number of hydrogen-bond donors (Lipinski definition) is 2. The van der Waals surface area contributed by atoms with Crippen LogP contribution in [0.15, 0.2) is 17.5 Å². The summed E-state index contributed by atoms with van der Waals surface area (Å²) >= 11 is 1.69. The Bertz CT molecular complexity index is 565. The Hall–Kier alpha value is -1.40. The van der Waals surface area contributed by atoms with Crippen LogP contribution in [-0.2, 0) is 0 Å². The van der Waals surface area contributed by atoms with Crippen molar-refractivity contribution in [2.75, 3.05) is 24.5 Å². The lowest BCUT2D eigenvalue weighted by Gasteiger charge is -2.34. The molecule has 2 fully saturated rings. The Labute approximate surface area is 128 Å². The van der Waals surface area contributed by atoms with Gasteiger partial charge >= 0.3 is 0 Å². The van der Waals surface area contributed by atoms with Gasteiger partial charge < -0.3 is 10.2 Å². The number of nitrogens with zero attached hydrogens (tertiary/aromatic N) is 3. The van der Waals surface area contributed by atoms with Crippen LogP contribution >= 0.6 is 11.3 Å². The van der Waals surface area contributed by atoms with E-state index in [2.05, 4.69) is 36.8 Å². The monoisotopic (exact) mass is 303 g/mol. The molecule has 0 bridgehead atoms. The van der Waals surface area contributed by atoms with Crippen molar-refractivity contribution >= 4 is 17.3 Å². The molecule has 1 atom stereocenters. The van der Waals surface area contributed by atoms with Gasteiger partial charge in [-0.25, -0.2) is 0 Å². The summed E-state index contributed by atoms with van der Waals surface area (Å²) in [4.78, 5) is 8.12. The molecule has 2 aromatic rings. The number of nitrogens with one attached hydrogen (secondary N) is 2. The van der Waals surface area contributed by atoms with Crippen molar-refractivity contribution < 1.29 is 0 Å². The number of H-pyrrole nitrogens is 1. The van der Waals surface area contributed by atoms with E-state index in [1.807, 2.05) is 6.07 Å². The molecule has 0 saturated carbocycles. The maximum Gasteiger partial charge on any atom is 0.245 e. The molecule has 6 heteroatoms. The van der Waals surface area contributed by atoms with E-state index >= 15 is 0 Å². The first-order chi connectivity index (χ1) is 10.4. The molecule has 0 aromatic carbocycles. The zero-order chi connectivity index (χ0) is 14.1. The smallest absolute Gasteiger partial charge is 0.245 e. The third kappa shape index (κ3) is 2.70. The van der Waals surface area contributed by atoms with Gasteiger partial charge in [-0.1, -0.05) is 6.07 Å². The van der Waals surface area contributed by atoms with E-state index in [1.165, 1.54) is 32.2 Å². The molecular formula is C15H21N5S. The second-order valence-corrected chi connectivity index (χ2v) is 6.94. The van der Waals surface area contributed by atoms with E-state index < -0.39 is 0 Å². The Kier molecular flexibility index (Phi) is 3.65. The van der Waals surface area contributed by atoms with Crippen molar-refractivity contribution in [2.24, 2.45) is 5.92 Å². The lowest BCUT2D eigenvalue weighted by molar-refractivity contribution is 0.317. The van der Waals surface area contributed by atoms with Gasteiger partial charge in [-0.2, -0.15) is 4.98 Å². The predicted octanol–water partition coefficient (Wildman–Crippen LogP) is 2.50. The maximum absolute atomic E-state index is 4.65. The Morgan fingerprint density at radius 1 is 1.24 bits per heavy atom. The average molecular weight is 303 g/mol. The molecule has 0 aliphatic carbocycles. The minimum absolute atomic E-state index is 0.751. The summed E-state index contributed by atoms with van der Waals surface area (Å²) in [6.45, 7) is 3.35. The molecule has 0 spiro atoms. The van der Waals surface area contributed by atoms with Crippen LogP contribution in [0.2, 0.25) is 0 Å². The van der Waals surface area contributed by atoms with Gasteiger partial charge in [0, 0.05) is 19.1 Å². The number of aromatic nitrogens is 3. The zero-order valence-corrected chi connectivity index (χ0v) is 12.9. The molecule has 2 N–H and O–H groups in total. The van der Waals surface area contributed by atoms with E-state index in [0.717, 1.165) is 41.7 Å². The van der Waals surface area contributed by atoms with Gasteiger partial charge in [0.15, 0.2) is 5.82 Å². The highest BCUT2D eigenvalue weighted by Gasteiger charge is 2.29. The fraction of sp³-hybridized carbons (Fsp3) is 0.600. The number of thiophene rings is 1. The second-order valence-electron chi connectivity index (χ2n) is 5.99. The summed E-state index contributed by atoms with van der Waals surface area (Å²) < 4.78 is 0. The number of rotatable bonds is 3. The number of hydrogen-bond acceptors (Lipinski definition) is 5. The fourth-order valence-electron chi connectivity index (χ4n) is 3.53. The first-order valence-corrected chi connectivity index (χ1v) is 8.73. The van der Waals surface area contributed by atoms with Crippen molar-refractivity contribution in [1.82, 2.24) is 20.5 Å². The van der Waals surface area contributed by atoms with Crippen LogP contribution in [0.5, 0.6) is 0 Å². The summed E-state index contributed by atoms with van der Waals surface area (Å²) in [5.41, 5.74) is 0. The Morgan fingerprint density at radius 3 is 2.86 bits per heavy atom. The van der Waals surface area contributed by atoms with E-state index in [9.17, 15) is 0 Å². The quantitative estimate of drug-likeness (QED) is 0.915. The fourth-order valence-corrected chi connectivity index (χ4v) is 4.20. The standard InChI is InChI=1S/C15H21N5S/c1-3-12(16-7-1)11-5-8-20(9-6-11)15-17-14(18-19-15)13-4-2-10-21-13/h2,4,10-12,16H,1,3,5-9H2,(H,17,18,19). The van der Waals surface area contributed by atoms with Crippen LogP contribution in [0.1, 0.15) is 25.7 Å². The van der Waals surface area contributed by atoms with Crippen molar-refractivity contribution in [3.8, 4) is 10.7 Å². The molecule has 2 aliphatic heterocycles. The molecule has 5 nitrogen and oxygen atoms in total. The van der Waals surface area contributed by atoms with Crippen LogP contribution in [0.25, 0.3) is 10.7 Å². The molecule has 2 aromatic heterocycles. The molecule has 0 amide bonds. The van der Waals surface area contributed by atoms with Crippen molar-refractivity contribution in [3.63, 3.8) is 0 Å². The Balaban J connectivity index is 1.39. The predicted molar refractivity (Wildman–Crippen MR) is 85.7 cm³/mol. The molecular weight excluding hydrogens is 282 g/mol. The molecule has 0 radical (unpaired) electrons. The summed E-state index contributed by atoms with van der Waals surface area (Å²) in [6, 6.07) is 4.87. The lowest BCUT2D eigenvalue weighted by Crippen LogP contribution is -2.41. The van der Waals surface area contributed by atoms with Crippen LogP contribution < -0.4 is 10.2 Å². The first kappa shape index (κ1) is 13.3. The zero-order valence-electron chi connectivity index (χ0n) is 12.1. The Morgan fingerprint density at radius 2 is 2.14 bits per heavy atom. The van der Waals surface area contributed by atoms with Crippen molar-refractivity contribution in [3.05, 3.63) is 17.5 Å². The molecule has 2 aliphatic rings. The molecule has 2 saturated heterocycles. The van der Waals surface area contributed by atoms with E-state index in [0.29, 0.717) is 0 Å². The molecule has 112 valence electrons. The van der Waals surface area contributed by atoms with Crippen LogP contribution in [-0.4, -0.2) is 40.9 Å². The first-order valence-electron chi connectivity index (χ1n) is 7.85. The molecule has 4 rings (SSSR count). The lowest BCUT2D eigenvalue weighted by atomic mass is 9.89. The third-order valence-electron chi connectivity index (χ3n) is 4.72. The van der Waals surface area contributed by atoms with E-state index in [4.69, 9.17) is 0 Å². The molecule has 21 heavy (non-hydrogen) atoms. The SMILES string of the molecule is c1csc(-c2nc(N3CCC(C4CCCN4)CC3)n[nH]2)c1. The third-order valence-corrected chi connectivity index (χ3v) is 5.59. The minimum atomic E-state index is 0.751. The van der Waals surface area contributed by atoms with Crippen molar-refractivity contribution in [2.45, 2.75) is 31.7 Å². The van der Waals surface area contributed by atoms with Gasteiger partial charge in [-0.15, -0.1) is 16.4 Å². The summed E-state index contributed by atoms with van der Waals surface area (Å²) in [6.07, 6.45) is 5.20. The van der Waals surface area contributed by atoms with Gasteiger partial charge in [-0.3, -0.25) is 5.10 Å². The summed E-state index contributed by atoms with van der Waals surface area (Å²) in [7, 11) is 0. The number of anilines is 1. The van der Waals surface area contributed by atoms with Gasteiger partial charge in [0.2, 0.25) is 5.95 Å². The topological polar surface area (TPSA) is 56.8 Å². The highest BCUT2D eigenvalue weighted by atomic mass is 32.1. The van der Waals surface area contributed by atoms with E-state index in [-0.39, 0.29) is 0 Å². The summed E-state index contributed by atoms with van der Waals surface area (Å²) in [5.74, 6) is 2.58. The maximum atomic E-state index is 4.65. The van der Waals surface area contributed by atoms with Gasteiger partial charge in [0.05, 0.1) is 4.88 Å². The molecule has 1 unspecified atom stereocenters. The second kappa shape index (κ2) is 5.77. The summed E-state index contributed by atoms with van der Waals surface area (Å²) in [5, 5.41) is 13.2. The highest BCUT2D eigenvalue weighted by molar-refractivity contribution is 7.13. The number of piperidine rings is 1. The largest absolute Gasteiger partial charge is 0.340 e. The molecule has 4 heterocycles. The highest BCUT2D eigenvalue weighted by Crippen LogP contribution is 2.28. The van der Waals surface area contributed by atoms with Crippen LogP contribution in [0, 0.1) is 5.92 Å². The van der Waals surface area contributed by atoms with Gasteiger partial charge in [-0.05, 0) is 49.6 Å². The van der Waals surface area contributed by atoms with Gasteiger partial charge in [0.1, 0.15) is 0 Å². The average Bonchev–Trinajstić information content (AvgIpc) is 3.27. The minimum Gasteiger partial charge on any atom is -0.340 e. The normalized spacial score (nSPS) is 23.8. The van der Waals surface area contributed by atoms with Crippen LogP contribution in [0.4, 0.5) is 5.95 Å². The van der Waals surface area contributed by atoms with Crippen LogP contribution in [0.3, 0.4) is 0 Å².